The first kappa shape index (κ1) is 14.7. The van der Waals surface area contributed by atoms with E-state index in [1.165, 1.54) is 0 Å². The van der Waals surface area contributed by atoms with Crippen LogP contribution in [0, 0.1) is 0 Å². The minimum Gasteiger partial charge on any atom is -0.456 e. The first-order valence-corrected chi connectivity index (χ1v) is 14.2. The van der Waals surface area contributed by atoms with Gasteiger partial charge in [0.15, 0.2) is 0 Å². The van der Waals surface area contributed by atoms with Crippen LogP contribution in [0.5, 0.6) is 0 Å². The maximum atomic E-state index is 9.69. The van der Waals surface area contributed by atoms with Gasteiger partial charge in [0, 0.05) is 10.8 Å². The van der Waals surface area contributed by atoms with Gasteiger partial charge in [0.05, 0.1) is 20.6 Å². The summed E-state index contributed by atoms with van der Waals surface area (Å²) in [5.41, 5.74) is 0.224. The molecule has 0 atom stereocenters. The molecule has 45 heavy (non-hydrogen) atoms. The Hall–Kier alpha value is -5.92. The zero-order chi connectivity index (χ0) is 42.8. The summed E-state index contributed by atoms with van der Waals surface area (Å²) < 4.78 is 140. The fourth-order valence-electron chi connectivity index (χ4n) is 6.12. The Labute approximate surface area is 282 Å². The summed E-state index contributed by atoms with van der Waals surface area (Å²) >= 11 is 0. The van der Waals surface area contributed by atoms with Gasteiger partial charge in [0.1, 0.15) is 11.2 Å². The molecular weight excluding hydrogens is 544 g/mol. The molecule has 1 heteroatoms. The molecule has 1 aromatic heterocycles. The average molecular weight is 588 g/mol. The Morgan fingerprint density at radius 2 is 0.978 bits per heavy atom. The van der Waals surface area contributed by atoms with E-state index in [1.54, 1.807) is 78.9 Å². The highest BCUT2D eigenvalue weighted by Crippen LogP contribution is 2.47. The van der Waals surface area contributed by atoms with Crippen molar-refractivity contribution >= 4 is 43.5 Å². The third-order valence-corrected chi connectivity index (χ3v) is 8.00. The van der Waals surface area contributed by atoms with Gasteiger partial charge in [0.25, 0.3) is 0 Å². The van der Waals surface area contributed by atoms with Crippen molar-refractivity contribution in [2.45, 2.75) is 0 Å². The summed E-state index contributed by atoms with van der Waals surface area (Å²) in [5, 5.41) is 1.75. The van der Waals surface area contributed by atoms with Crippen LogP contribution in [0.4, 0.5) is 0 Å². The van der Waals surface area contributed by atoms with Crippen molar-refractivity contribution < 1.29 is 25.0 Å². The summed E-state index contributed by atoms with van der Waals surface area (Å²) in [5.74, 6) is 0. The van der Waals surface area contributed by atoms with Crippen LogP contribution in [0.15, 0.2) is 174 Å². The lowest BCUT2D eigenvalue weighted by Crippen LogP contribution is -1.92. The summed E-state index contributed by atoms with van der Waals surface area (Å²) in [6.45, 7) is 0. The second kappa shape index (κ2) is 10.4. The van der Waals surface area contributed by atoms with Crippen molar-refractivity contribution in [1.29, 1.82) is 0 Å². The van der Waals surface area contributed by atoms with E-state index in [0.29, 0.717) is 32.7 Å². The van der Waals surface area contributed by atoms with Gasteiger partial charge in [-0.05, 0) is 84.2 Å². The fourth-order valence-corrected chi connectivity index (χ4v) is 6.12. The van der Waals surface area contributed by atoms with Gasteiger partial charge in [-0.2, -0.15) is 0 Å². The second-order valence-electron chi connectivity index (χ2n) is 10.5. The number of furan rings is 1. The lowest BCUT2D eigenvalue weighted by Gasteiger charge is -2.19. The van der Waals surface area contributed by atoms with Gasteiger partial charge in [-0.25, -0.2) is 0 Å². The molecule has 1 heterocycles. The van der Waals surface area contributed by atoms with Gasteiger partial charge in [0.2, 0.25) is 0 Å². The second-order valence-corrected chi connectivity index (χ2v) is 10.5. The molecule has 8 aromatic carbocycles. The van der Waals surface area contributed by atoms with Crippen LogP contribution in [0.25, 0.3) is 88.0 Å². The molecule has 210 valence electrons. The largest absolute Gasteiger partial charge is 0.456 e. The van der Waals surface area contributed by atoms with Crippen molar-refractivity contribution in [1.82, 2.24) is 0 Å². The predicted molar refractivity (Wildman–Crippen MR) is 190 cm³/mol. The van der Waals surface area contributed by atoms with Gasteiger partial charge in [-0.1, -0.05) is 151 Å². The molecule has 1 nitrogen and oxygen atoms in total. The van der Waals surface area contributed by atoms with Crippen molar-refractivity contribution in [3.05, 3.63) is 169 Å². The minimum atomic E-state index is -0.682. The highest BCUT2D eigenvalue weighted by atomic mass is 16.3. The van der Waals surface area contributed by atoms with Gasteiger partial charge in [-0.3, -0.25) is 0 Å². The van der Waals surface area contributed by atoms with Crippen LogP contribution in [-0.4, -0.2) is 0 Å². The van der Waals surface area contributed by atoms with E-state index in [0.717, 1.165) is 0 Å². The summed E-state index contributed by atoms with van der Waals surface area (Å²) in [6.07, 6.45) is 0. The zero-order valence-electron chi connectivity index (χ0n) is 38.4. The van der Waals surface area contributed by atoms with E-state index in [4.69, 9.17) is 19.5 Å². The number of fused-ring (bicyclic) bond motifs is 5. The standard InChI is InChI=1S/C44H28O/c1-3-14-29(15-4-1)32-18-7-8-19-34(32)43-37-22-11-9-20-35(37)42(36-21-10-12-23-38(36)43)31-26-27-39-41(28-31)45-40-25-13-24-33(44(39)40)30-16-5-2-6-17-30/h1-28H/i1D,3D,4D,7D,8D,13D,14D,15D,18D,19D,24D,25D,26D,27D,28D. The molecule has 0 amide bonds. The molecule has 0 bridgehead atoms. The quantitative estimate of drug-likeness (QED) is 0.187. The smallest absolute Gasteiger partial charge is 0.136 e. The molecule has 0 radical (unpaired) electrons. The lowest BCUT2D eigenvalue weighted by molar-refractivity contribution is 0.669. The Balaban J connectivity index is 1.45. The maximum Gasteiger partial charge on any atom is 0.136 e. The normalized spacial score (nSPS) is 16.2. The summed E-state index contributed by atoms with van der Waals surface area (Å²) in [4.78, 5) is 0. The predicted octanol–water partition coefficient (Wildman–Crippen LogP) is 12.6. The number of hydrogen-bond donors (Lipinski definition) is 0. The summed E-state index contributed by atoms with van der Waals surface area (Å²) in [7, 11) is 0. The van der Waals surface area contributed by atoms with Crippen molar-refractivity contribution in [3.8, 4) is 44.5 Å². The molecule has 0 spiro atoms. The van der Waals surface area contributed by atoms with Crippen molar-refractivity contribution in [3.63, 3.8) is 0 Å². The molecule has 0 aliphatic carbocycles. The molecular formula is C44H28O. The van der Waals surface area contributed by atoms with Crippen LogP contribution >= 0.6 is 0 Å². The topological polar surface area (TPSA) is 13.1 Å². The monoisotopic (exact) mass is 587 g/mol. The lowest BCUT2D eigenvalue weighted by atomic mass is 9.84. The van der Waals surface area contributed by atoms with E-state index in [1.807, 2.05) is 0 Å². The Bertz CT molecular complexity index is 3290. The zero-order valence-corrected chi connectivity index (χ0v) is 23.4. The van der Waals surface area contributed by atoms with Crippen molar-refractivity contribution in [2.75, 3.05) is 0 Å². The highest BCUT2D eigenvalue weighted by molar-refractivity contribution is 6.23. The SMILES string of the molecule is [2H]c1c([2H])c([2H])c(-c2c([2H])c([2H])c([2H])c([2H])c2-c2c3ccccc3c(-c3c([2H])c([2H])c4c(oc5c([2H])c([2H])c([2H])c(-c6ccccc6)c54)c3[2H])c3ccccc23)c([2H])c1[2H]. The van der Waals surface area contributed by atoms with Gasteiger partial charge in [-0.15, -0.1) is 0 Å². The van der Waals surface area contributed by atoms with Gasteiger partial charge < -0.3 is 4.42 Å². The number of benzene rings is 8. The third kappa shape index (κ3) is 4.09. The van der Waals surface area contributed by atoms with Crippen LogP contribution < -0.4 is 0 Å². The van der Waals surface area contributed by atoms with E-state index < -0.39 is 72.0 Å². The summed E-state index contributed by atoms with van der Waals surface area (Å²) in [6, 6.07) is 14.5. The minimum absolute atomic E-state index is 0.0173. The molecule has 9 rings (SSSR count). The molecule has 0 aliphatic rings. The Kier molecular flexibility index (Phi) is 3.39. The molecule has 0 N–H and O–H groups in total. The number of rotatable bonds is 4. The van der Waals surface area contributed by atoms with Crippen molar-refractivity contribution in [2.24, 2.45) is 0 Å². The van der Waals surface area contributed by atoms with Crippen LogP contribution in [0.3, 0.4) is 0 Å². The van der Waals surface area contributed by atoms with E-state index in [-0.39, 0.29) is 73.9 Å². The van der Waals surface area contributed by atoms with E-state index in [2.05, 4.69) is 0 Å². The fraction of sp³-hybridized carbons (Fsp3) is 0. The Morgan fingerprint density at radius 3 is 1.69 bits per heavy atom. The van der Waals surface area contributed by atoms with Crippen LogP contribution in [0.2, 0.25) is 0 Å². The van der Waals surface area contributed by atoms with E-state index >= 15 is 0 Å². The molecule has 0 unspecified atom stereocenters. The highest BCUT2D eigenvalue weighted by Gasteiger charge is 2.20. The first-order chi connectivity index (χ1) is 28.6. The van der Waals surface area contributed by atoms with Crippen LogP contribution in [0.1, 0.15) is 20.6 Å². The van der Waals surface area contributed by atoms with E-state index in [9.17, 15) is 5.48 Å². The molecule has 9 aromatic rings. The number of hydrogen-bond acceptors (Lipinski definition) is 1. The molecule has 0 saturated carbocycles. The Morgan fingerprint density at radius 1 is 0.378 bits per heavy atom. The molecule has 0 fully saturated rings. The molecule has 0 aliphatic heterocycles. The third-order valence-electron chi connectivity index (χ3n) is 8.00. The van der Waals surface area contributed by atoms with Crippen LogP contribution in [-0.2, 0) is 0 Å². The molecule has 0 saturated heterocycles. The maximum absolute atomic E-state index is 9.69. The average Bonchev–Trinajstić information content (AvgIpc) is 3.66. The first-order valence-electron chi connectivity index (χ1n) is 21.7. The van der Waals surface area contributed by atoms with Gasteiger partial charge >= 0.3 is 0 Å².